The molecule has 0 radical (unpaired) electrons. The van der Waals surface area contributed by atoms with Gasteiger partial charge in [0.1, 0.15) is 12.0 Å². The highest BCUT2D eigenvalue weighted by molar-refractivity contribution is 8.00. The van der Waals surface area contributed by atoms with Gasteiger partial charge in [0, 0.05) is 5.56 Å². The van der Waals surface area contributed by atoms with Gasteiger partial charge in [-0.25, -0.2) is 4.98 Å². The zero-order chi connectivity index (χ0) is 13.0. The number of aromatic nitrogens is 1. The Bertz CT molecular complexity index is 508. The number of hydrogen-bond donors (Lipinski definition) is 0. The van der Waals surface area contributed by atoms with Crippen molar-refractivity contribution < 1.29 is 13.9 Å². The van der Waals surface area contributed by atoms with E-state index in [2.05, 4.69) is 4.98 Å². The van der Waals surface area contributed by atoms with Gasteiger partial charge in [0.25, 0.3) is 5.22 Å². The Balaban J connectivity index is 2.05. The fraction of sp³-hybridized carbons (Fsp3) is 0.231. The number of oxazole rings is 1. The second kappa shape index (κ2) is 5.73. The minimum atomic E-state index is -0.239. The van der Waals surface area contributed by atoms with Crippen LogP contribution in [0.2, 0.25) is 0 Å². The molecule has 0 saturated carbocycles. The van der Waals surface area contributed by atoms with Crippen molar-refractivity contribution in [1.29, 1.82) is 0 Å². The van der Waals surface area contributed by atoms with Gasteiger partial charge in [-0.3, -0.25) is 4.79 Å². The van der Waals surface area contributed by atoms with Crippen LogP contribution in [0.4, 0.5) is 0 Å². The molecule has 2 aromatic rings. The van der Waals surface area contributed by atoms with E-state index in [-0.39, 0.29) is 11.0 Å². The monoisotopic (exact) mass is 263 g/mol. The summed E-state index contributed by atoms with van der Waals surface area (Å²) in [5.74, 6) is 0.778. The topological polar surface area (TPSA) is 52.3 Å². The lowest BCUT2D eigenvalue weighted by molar-refractivity contribution is 0.0993. The second-order valence-electron chi connectivity index (χ2n) is 3.65. The van der Waals surface area contributed by atoms with Gasteiger partial charge in [0.15, 0.2) is 5.78 Å². The Labute approximate surface area is 109 Å². The maximum atomic E-state index is 12.1. The first-order chi connectivity index (χ1) is 8.70. The summed E-state index contributed by atoms with van der Waals surface area (Å²) >= 11 is 1.30. The lowest BCUT2D eigenvalue weighted by atomic mass is 10.1. The van der Waals surface area contributed by atoms with Crippen LogP contribution in [-0.2, 0) is 0 Å². The molecule has 1 heterocycles. The predicted octanol–water partition coefficient (Wildman–Crippen LogP) is 3.05. The summed E-state index contributed by atoms with van der Waals surface area (Å²) in [6, 6.07) is 7.06. The third-order valence-electron chi connectivity index (χ3n) is 2.43. The standard InChI is InChI=1S/C13H13NO3S/c1-9(18-13-14-7-8-17-13)12(15)10-3-5-11(16-2)6-4-10/h3-9H,1-2H3. The van der Waals surface area contributed by atoms with Gasteiger partial charge >= 0.3 is 0 Å². The Morgan fingerprint density at radius 1 is 1.39 bits per heavy atom. The molecule has 94 valence electrons. The first-order valence-electron chi connectivity index (χ1n) is 5.45. The molecular formula is C13H13NO3S. The fourth-order valence-corrected chi connectivity index (χ4v) is 2.24. The largest absolute Gasteiger partial charge is 0.497 e. The van der Waals surface area contributed by atoms with E-state index >= 15 is 0 Å². The van der Waals surface area contributed by atoms with Crippen LogP contribution >= 0.6 is 11.8 Å². The summed E-state index contributed by atoms with van der Waals surface area (Å²) < 4.78 is 10.2. The molecule has 5 heteroatoms. The Hall–Kier alpha value is -1.75. The van der Waals surface area contributed by atoms with Gasteiger partial charge < -0.3 is 9.15 Å². The van der Waals surface area contributed by atoms with E-state index in [4.69, 9.17) is 9.15 Å². The van der Waals surface area contributed by atoms with Gasteiger partial charge in [-0.15, -0.1) is 0 Å². The number of thioether (sulfide) groups is 1. The maximum absolute atomic E-state index is 12.1. The molecule has 1 aromatic heterocycles. The number of ketones is 1. The second-order valence-corrected chi connectivity index (χ2v) is 4.94. The molecule has 1 unspecified atom stereocenters. The third-order valence-corrected chi connectivity index (χ3v) is 3.40. The quantitative estimate of drug-likeness (QED) is 0.613. The maximum Gasteiger partial charge on any atom is 0.256 e. The number of hydrogen-bond acceptors (Lipinski definition) is 5. The average Bonchev–Trinajstić information content (AvgIpc) is 2.91. The van der Waals surface area contributed by atoms with Crippen molar-refractivity contribution in [3.8, 4) is 5.75 Å². The molecule has 0 saturated heterocycles. The third kappa shape index (κ3) is 2.92. The summed E-state index contributed by atoms with van der Waals surface area (Å²) in [6.45, 7) is 1.83. The summed E-state index contributed by atoms with van der Waals surface area (Å²) in [6.07, 6.45) is 3.06. The normalized spacial score (nSPS) is 12.1. The van der Waals surface area contributed by atoms with Crippen LogP contribution < -0.4 is 4.74 Å². The van der Waals surface area contributed by atoms with Gasteiger partial charge in [0.05, 0.1) is 18.6 Å². The van der Waals surface area contributed by atoms with Gasteiger partial charge in [-0.2, -0.15) is 0 Å². The molecule has 0 N–H and O–H groups in total. The van der Waals surface area contributed by atoms with Crippen molar-refractivity contribution in [2.45, 2.75) is 17.4 Å². The highest BCUT2D eigenvalue weighted by Crippen LogP contribution is 2.24. The summed E-state index contributed by atoms with van der Waals surface area (Å²) in [4.78, 5) is 16.1. The summed E-state index contributed by atoms with van der Waals surface area (Å²) in [5.41, 5.74) is 0.655. The number of carbonyl (C=O) groups excluding carboxylic acids is 1. The van der Waals surface area contributed by atoms with E-state index in [0.717, 1.165) is 5.75 Å². The molecule has 18 heavy (non-hydrogen) atoms. The minimum absolute atomic E-state index is 0.0425. The number of benzene rings is 1. The smallest absolute Gasteiger partial charge is 0.256 e. The Kier molecular flexibility index (Phi) is 4.04. The molecule has 0 fully saturated rings. The lowest BCUT2D eigenvalue weighted by Gasteiger charge is -2.08. The molecule has 1 atom stereocenters. The predicted molar refractivity (Wildman–Crippen MR) is 69.1 cm³/mol. The summed E-state index contributed by atoms with van der Waals surface area (Å²) in [5, 5.41) is 0.265. The van der Waals surface area contributed by atoms with Crippen molar-refractivity contribution in [2.75, 3.05) is 7.11 Å². The van der Waals surface area contributed by atoms with Crippen LogP contribution in [0.15, 0.2) is 46.4 Å². The van der Waals surface area contributed by atoms with Crippen molar-refractivity contribution >= 4 is 17.5 Å². The Morgan fingerprint density at radius 3 is 2.67 bits per heavy atom. The van der Waals surface area contributed by atoms with Crippen molar-refractivity contribution in [3.63, 3.8) is 0 Å². The minimum Gasteiger partial charge on any atom is -0.497 e. The van der Waals surface area contributed by atoms with Crippen LogP contribution in [-0.4, -0.2) is 23.1 Å². The van der Waals surface area contributed by atoms with Gasteiger partial charge in [-0.1, -0.05) is 11.8 Å². The van der Waals surface area contributed by atoms with E-state index < -0.39 is 0 Å². The SMILES string of the molecule is COc1ccc(C(=O)C(C)Sc2ncco2)cc1. The highest BCUT2D eigenvalue weighted by atomic mass is 32.2. The first kappa shape index (κ1) is 12.7. The Morgan fingerprint density at radius 2 is 2.11 bits per heavy atom. The highest BCUT2D eigenvalue weighted by Gasteiger charge is 2.18. The number of nitrogens with zero attached hydrogens (tertiary/aromatic N) is 1. The zero-order valence-corrected chi connectivity index (χ0v) is 10.9. The number of ether oxygens (including phenoxy) is 1. The molecule has 0 spiro atoms. The van der Waals surface area contributed by atoms with Gasteiger partial charge in [0.2, 0.25) is 0 Å². The van der Waals surface area contributed by atoms with E-state index in [0.29, 0.717) is 10.8 Å². The first-order valence-corrected chi connectivity index (χ1v) is 6.33. The van der Waals surface area contributed by atoms with Crippen LogP contribution in [0.5, 0.6) is 5.75 Å². The molecule has 0 bridgehead atoms. The van der Waals surface area contributed by atoms with Crippen molar-refractivity contribution in [1.82, 2.24) is 4.98 Å². The van der Waals surface area contributed by atoms with E-state index in [9.17, 15) is 4.79 Å². The van der Waals surface area contributed by atoms with Gasteiger partial charge in [-0.05, 0) is 31.2 Å². The van der Waals surface area contributed by atoms with Crippen LogP contribution in [0, 0.1) is 0 Å². The van der Waals surface area contributed by atoms with Crippen LogP contribution in [0.3, 0.4) is 0 Å². The fourth-order valence-electron chi connectivity index (χ4n) is 1.46. The molecular weight excluding hydrogens is 250 g/mol. The van der Waals surface area contributed by atoms with Crippen molar-refractivity contribution in [2.24, 2.45) is 0 Å². The van der Waals surface area contributed by atoms with Crippen molar-refractivity contribution in [3.05, 3.63) is 42.3 Å². The number of Topliss-reactive ketones (excluding diaryl/α,β-unsaturated/α-hetero) is 1. The lowest BCUT2D eigenvalue weighted by Crippen LogP contribution is -2.13. The van der Waals surface area contributed by atoms with Crippen LogP contribution in [0.1, 0.15) is 17.3 Å². The average molecular weight is 263 g/mol. The van der Waals surface area contributed by atoms with Crippen LogP contribution in [0.25, 0.3) is 0 Å². The molecule has 1 aromatic carbocycles. The molecule has 4 nitrogen and oxygen atoms in total. The summed E-state index contributed by atoms with van der Waals surface area (Å²) in [7, 11) is 1.60. The molecule has 2 rings (SSSR count). The number of rotatable bonds is 5. The molecule has 0 amide bonds. The van der Waals surface area contributed by atoms with E-state index in [1.807, 2.05) is 6.92 Å². The van der Waals surface area contributed by atoms with E-state index in [1.54, 1.807) is 37.6 Å². The number of methoxy groups -OCH3 is 1. The molecule has 0 aliphatic rings. The zero-order valence-electron chi connectivity index (χ0n) is 10.1. The van der Waals surface area contributed by atoms with E-state index in [1.165, 1.54) is 18.0 Å². The molecule has 0 aliphatic heterocycles. The number of carbonyl (C=O) groups is 1. The molecule has 0 aliphatic carbocycles.